The summed E-state index contributed by atoms with van der Waals surface area (Å²) < 4.78 is 0. The third-order valence-corrected chi connectivity index (χ3v) is 0.707. The van der Waals surface area contributed by atoms with Gasteiger partial charge >= 0.3 is 0 Å². The van der Waals surface area contributed by atoms with Crippen LogP contribution >= 0.6 is 9.24 Å². The van der Waals surface area contributed by atoms with Gasteiger partial charge < -0.3 is 0 Å². The Bertz CT molecular complexity index is 18.7. The molecule has 0 bridgehead atoms. The van der Waals surface area contributed by atoms with Gasteiger partial charge in [0, 0.05) is 0 Å². The third-order valence-electron chi connectivity index (χ3n) is 0.707. The van der Waals surface area contributed by atoms with Gasteiger partial charge in [0.05, 0.1) is 0 Å². The van der Waals surface area contributed by atoms with E-state index in [1.165, 1.54) is 25.7 Å². The quantitative estimate of drug-likeness (QED) is 0.539. The van der Waals surface area contributed by atoms with Gasteiger partial charge in [0.25, 0.3) is 0 Å². The Balaban J connectivity index is -0.0000000847. The molecule has 0 aliphatic heterocycles. The lowest BCUT2D eigenvalue weighted by Crippen LogP contribution is -1.59. The van der Waals surface area contributed by atoms with E-state index < -0.39 is 0 Å². The van der Waals surface area contributed by atoms with Crippen LogP contribution in [0.15, 0.2) is 0 Å². The van der Waals surface area contributed by atoms with E-state index in [-0.39, 0.29) is 0 Å². The summed E-state index contributed by atoms with van der Waals surface area (Å²) in [4.78, 5) is 0. The average molecular weight is 164 g/mol. The molecule has 1 atom stereocenters. The molecule has 0 nitrogen and oxygen atoms in total. The summed E-state index contributed by atoms with van der Waals surface area (Å²) in [7, 11) is 2.42. The zero-order valence-corrected chi connectivity index (χ0v) is 9.56. The van der Waals surface area contributed by atoms with Crippen LogP contribution in [0.5, 0.6) is 0 Å². The second-order valence-corrected chi connectivity index (χ2v) is 2.06. The van der Waals surface area contributed by atoms with E-state index in [1.807, 2.05) is 6.66 Å². The van der Waals surface area contributed by atoms with Crippen LogP contribution in [0.1, 0.15) is 53.4 Å². The zero-order chi connectivity index (χ0) is 8.83. The van der Waals surface area contributed by atoms with E-state index in [1.54, 1.807) is 0 Å². The molecular weight excluding hydrogens is 139 g/mol. The molecule has 0 fully saturated rings. The Labute approximate surface area is 70.0 Å². The molecule has 66 valence electrons. The molecule has 1 unspecified atom stereocenters. The van der Waals surface area contributed by atoms with Crippen molar-refractivity contribution in [2.45, 2.75) is 53.4 Å². The molecule has 1 heteroatoms. The Morgan fingerprint density at radius 2 is 1.00 bits per heavy atom. The fourth-order valence-electron chi connectivity index (χ4n) is 0.354. The maximum absolute atomic E-state index is 2.42. The molecule has 0 N–H and O–H groups in total. The maximum atomic E-state index is 2.42. The van der Waals surface area contributed by atoms with Gasteiger partial charge in [-0.25, -0.2) is 0 Å². The summed E-state index contributed by atoms with van der Waals surface area (Å²) in [6, 6.07) is 0. The SMILES string of the molecule is CCC.CCCCC.CP. The van der Waals surface area contributed by atoms with Gasteiger partial charge in [0.1, 0.15) is 0 Å². The molecule has 0 rings (SSSR count). The highest BCUT2D eigenvalue weighted by atomic mass is 31.0. The fraction of sp³-hybridized carbons (Fsp3) is 1.00. The van der Waals surface area contributed by atoms with Crippen molar-refractivity contribution in [3.8, 4) is 0 Å². The molecule has 0 aromatic carbocycles. The van der Waals surface area contributed by atoms with Crippen molar-refractivity contribution in [3.05, 3.63) is 0 Å². The molecule has 0 aliphatic rings. The van der Waals surface area contributed by atoms with Gasteiger partial charge in [0.15, 0.2) is 0 Å². The first-order chi connectivity index (χ1) is 4.83. The molecule has 0 aromatic heterocycles. The smallest absolute Gasteiger partial charge is 0.0500 e. The average Bonchev–Trinajstić information content (AvgIpc) is 1.96. The molecule has 0 spiro atoms. The molecule has 0 aliphatic carbocycles. The van der Waals surface area contributed by atoms with Crippen molar-refractivity contribution in [1.29, 1.82) is 0 Å². The Hall–Kier alpha value is 0.430. The Kier molecular flexibility index (Phi) is 57.4. The minimum Gasteiger partial charge on any atom is -0.141 e. The van der Waals surface area contributed by atoms with Crippen LogP contribution in [-0.4, -0.2) is 6.66 Å². The van der Waals surface area contributed by atoms with Gasteiger partial charge in [-0.15, -0.1) is 9.24 Å². The molecule has 0 saturated heterocycles. The first-order valence-corrected chi connectivity index (χ1v) is 5.56. The van der Waals surface area contributed by atoms with E-state index in [2.05, 4.69) is 36.9 Å². The summed E-state index contributed by atoms with van der Waals surface area (Å²) in [5.74, 6) is 0. The van der Waals surface area contributed by atoms with Gasteiger partial charge in [-0.1, -0.05) is 60.0 Å². The normalized spacial score (nSPS) is 6.60. The summed E-state index contributed by atoms with van der Waals surface area (Å²) in [5, 5.41) is 0. The first kappa shape index (κ1) is 16.8. The predicted molar refractivity (Wildman–Crippen MR) is 56.8 cm³/mol. The topological polar surface area (TPSA) is 0 Å². The van der Waals surface area contributed by atoms with E-state index in [0.717, 1.165) is 0 Å². The monoisotopic (exact) mass is 164 g/mol. The van der Waals surface area contributed by atoms with Gasteiger partial charge in [-0.3, -0.25) is 0 Å². The van der Waals surface area contributed by atoms with Crippen LogP contribution < -0.4 is 0 Å². The lowest BCUT2D eigenvalue weighted by molar-refractivity contribution is 0.772. The summed E-state index contributed by atoms with van der Waals surface area (Å²) in [5.41, 5.74) is 0. The van der Waals surface area contributed by atoms with Gasteiger partial charge in [0.2, 0.25) is 0 Å². The van der Waals surface area contributed by atoms with Crippen molar-refractivity contribution >= 4 is 9.24 Å². The molecule has 0 radical (unpaired) electrons. The van der Waals surface area contributed by atoms with E-state index in [9.17, 15) is 0 Å². The molecule has 0 aromatic rings. The van der Waals surface area contributed by atoms with Crippen molar-refractivity contribution in [3.63, 3.8) is 0 Å². The van der Waals surface area contributed by atoms with Crippen LogP contribution in [0.4, 0.5) is 0 Å². The maximum Gasteiger partial charge on any atom is -0.0500 e. The second kappa shape index (κ2) is 34.1. The third kappa shape index (κ3) is 78.8. The lowest BCUT2D eigenvalue weighted by Gasteiger charge is -1.79. The van der Waals surface area contributed by atoms with E-state index in [0.29, 0.717) is 0 Å². The zero-order valence-electron chi connectivity index (χ0n) is 8.41. The Morgan fingerprint density at radius 1 is 0.800 bits per heavy atom. The predicted octanol–water partition coefficient (Wildman–Crippen LogP) is 4.10. The van der Waals surface area contributed by atoms with Crippen LogP contribution in [0.3, 0.4) is 0 Å². The Morgan fingerprint density at radius 3 is 1.00 bits per heavy atom. The first-order valence-electron chi connectivity index (χ1n) is 4.41. The standard InChI is InChI=1S/C5H12.C3H8.CH5P/c1-3-5-4-2;1-3-2;1-2/h3-5H2,1-2H3;3H2,1-2H3;2H2,1H3. The number of hydrogen-bond donors (Lipinski definition) is 0. The molecule has 0 saturated carbocycles. The van der Waals surface area contributed by atoms with Crippen LogP contribution in [0.25, 0.3) is 0 Å². The van der Waals surface area contributed by atoms with Crippen molar-refractivity contribution in [2.24, 2.45) is 0 Å². The molecule has 10 heavy (non-hydrogen) atoms. The van der Waals surface area contributed by atoms with Crippen molar-refractivity contribution in [2.75, 3.05) is 6.66 Å². The minimum atomic E-state index is 1.25. The van der Waals surface area contributed by atoms with Crippen molar-refractivity contribution < 1.29 is 0 Å². The summed E-state index contributed by atoms with van der Waals surface area (Å²) >= 11 is 0. The number of hydrogen-bond acceptors (Lipinski definition) is 0. The van der Waals surface area contributed by atoms with Gasteiger partial charge in [-0.2, -0.15) is 0 Å². The van der Waals surface area contributed by atoms with E-state index in [4.69, 9.17) is 0 Å². The molecular formula is C9H25P. The van der Waals surface area contributed by atoms with Crippen LogP contribution in [0, 0.1) is 0 Å². The second-order valence-electron chi connectivity index (χ2n) is 2.06. The van der Waals surface area contributed by atoms with Gasteiger partial charge in [-0.05, 0) is 0 Å². The molecule has 0 amide bonds. The highest BCUT2D eigenvalue weighted by Gasteiger charge is 1.68. The number of rotatable bonds is 2. The number of unbranched alkanes of at least 4 members (excludes halogenated alkanes) is 2. The minimum absolute atomic E-state index is 1.25. The van der Waals surface area contributed by atoms with E-state index >= 15 is 0 Å². The van der Waals surface area contributed by atoms with Crippen LogP contribution in [0.2, 0.25) is 0 Å². The summed E-state index contributed by atoms with van der Waals surface area (Å²) in [6.07, 6.45) is 5.33. The highest BCUT2D eigenvalue weighted by molar-refractivity contribution is 7.15. The summed E-state index contributed by atoms with van der Waals surface area (Å²) in [6.45, 7) is 10.6. The lowest BCUT2D eigenvalue weighted by atomic mass is 10.3. The van der Waals surface area contributed by atoms with Crippen molar-refractivity contribution in [1.82, 2.24) is 0 Å². The fourth-order valence-corrected chi connectivity index (χ4v) is 0.354. The largest absolute Gasteiger partial charge is 0.141 e. The van der Waals surface area contributed by atoms with Crippen LogP contribution in [-0.2, 0) is 0 Å². The highest BCUT2D eigenvalue weighted by Crippen LogP contribution is 1.88. The molecule has 0 heterocycles.